The third-order valence-corrected chi connectivity index (χ3v) is 5.27. The van der Waals surface area contributed by atoms with Gasteiger partial charge in [0.1, 0.15) is 0 Å². The first-order chi connectivity index (χ1) is 9.33. The summed E-state index contributed by atoms with van der Waals surface area (Å²) in [6.07, 6.45) is 16.7. The lowest BCUT2D eigenvalue weighted by Gasteiger charge is -2.41. The van der Waals surface area contributed by atoms with Crippen LogP contribution in [0, 0.1) is 0 Å². The minimum absolute atomic E-state index is 0.326. The van der Waals surface area contributed by atoms with Gasteiger partial charge in [-0.15, -0.1) is 0 Å². The van der Waals surface area contributed by atoms with Crippen LogP contribution in [0.2, 0.25) is 0 Å². The monoisotopic (exact) mass is 267 g/mol. The maximum atomic E-state index is 9.67. The molecule has 2 fully saturated rings. The summed E-state index contributed by atoms with van der Waals surface area (Å²) in [5.74, 6) is 0. The summed E-state index contributed by atoms with van der Waals surface area (Å²) < 4.78 is 0. The van der Waals surface area contributed by atoms with Crippen LogP contribution in [0.4, 0.5) is 0 Å². The van der Waals surface area contributed by atoms with Crippen molar-refractivity contribution in [3.05, 3.63) is 0 Å². The van der Waals surface area contributed by atoms with Gasteiger partial charge in [-0.25, -0.2) is 0 Å². The standard InChI is InChI=1S/C17H33NO/c1-15(14-19)18(16-10-6-2-3-7-11-16)17-12-8-4-5-9-13-17/h15-17,19H,2-14H2,1H3. The van der Waals surface area contributed by atoms with Crippen LogP contribution in [-0.4, -0.2) is 34.7 Å². The molecule has 0 bridgehead atoms. The van der Waals surface area contributed by atoms with Crippen molar-refractivity contribution in [2.24, 2.45) is 0 Å². The van der Waals surface area contributed by atoms with Gasteiger partial charge in [-0.2, -0.15) is 0 Å². The van der Waals surface area contributed by atoms with Crippen molar-refractivity contribution < 1.29 is 5.11 Å². The minimum atomic E-state index is 0.326. The molecule has 0 aliphatic heterocycles. The van der Waals surface area contributed by atoms with Crippen LogP contribution in [0.3, 0.4) is 0 Å². The van der Waals surface area contributed by atoms with Crippen molar-refractivity contribution >= 4 is 0 Å². The van der Waals surface area contributed by atoms with Crippen LogP contribution in [-0.2, 0) is 0 Å². The fourth-order valence-corrected chi connectivity index (χ4v) is 4.22. The number of hydrogen-bond donors (Lipinski definition) is 1. The lowest BCUT2D eigenvalue weighted by Crippen LogP contribution is -2.49. The van der Waals surface area contributed by atoms with Crippen LogP contribution in [0.15, 0.2) is 0 Å². The molecule has 112 valence electrons. The van der Waals surface area contributed by atoms with Crippen LogP contribution >= 0.6 is 0 Å². The van der Waals surface area contributed by atoms with E-state index >= 15 is 0 Å². The van der Waals surface area contributed by atoms with Crippen LogP contribution in [0.5, 0.6) is 0 Å². The lowest BCUT2D eigenvalue weighted by atomic mass is 9.98. The first-order valence-electron chi connectivity index (χ1n) is 8.71. The van der Waals surface area contributed by atoms with E-state index in [1.165, 1.54) is 77.0 Å². The maximum absolute atomic E-state index is 9.67. The summed E-state index contributed by atoms with van der Waals surface area (Å²) in [7, 11) is 0. The highest BCUT2D eigenvalue weighted by molar-refractivity contribution is 4.85. The SMILES string of the molecule is CC(CO)N(C1CCCCCC1)C1CCCCCC1. The Morgan fingerprint density at radius 3 is 1.47 bits per heavy atom. The first-order valence-corrected chi connectivity index (χ1v) is 8.71. The Kier molecular flexibility index (Phi) is 6.66. The number of hydrogen-bond acceptors (Lipinski definition) is 2. The quantitative estimate of drug-likeness (QED) is 0.775. The molecule has 0 radical (unpaired) electrons. The molecule has 2 aliphatic rings. The van der Waals surface area contributed by atoms with Gasteiger partial charge in [0.15, 0.2) is 0 Å². The summed E-state index contributed by atoms with van der Waals surface area (Å²) in [4.78, 5) is 2.73. The molecule has 19 heavy (non-hydrogen) atoms. The Morgan fingerprint density at radius 1 is 0.789 bits per heavy atom. The lowest BCUT2D eigenvalue weighted by molar-refractivity contribution is 0.0373. The van der Waals surface area contributed by atoms with Gasteiger partial charge < -0.3 is 5.11 Å². The highest BCUT2D eigenvalue weighted by Crippen LogP contribution is 2.30. The maximum Gasteiger partial charge on any atom is 0.0584 e. The minimum Gasteiger partial charge on any atom is -0.395 e. The summed E-state index contributed by atoms with van der Waals surface area (Å²) in [5, 5.41) is 9.67. The van der Waals surface area contributed by atoms with E-state index in [1.807, 2.05) is 0 Å². The fourth-order valence-electron chi connectivity index (χ4n) is 4.22. The van der Waals surface area contributed by atoms with E-state index in [4.69, 9.17) is 0 Å². The molecule has 0 saturated heterocycles. The molecule has 1 atom stereocenters. The third kappa shape index (κ3) is 4.46. The van der Waals surface area contributed by atoms with Crippen molar-refractivity contribution in [1.82, 2.24) is 4.90 Å². The highest BCUT2D eigenvalue weighted by Gasteiger charge is 2.30. The Labute approximate surface area is 119 Å². The summed E-state index contributed by atoms with van der Waals surface area (Å²) in [6, 6.07) is 1.84. The van der Waals surface area contributed by atoms with E-state index in [9.17, 15) is 5.11 Å². The van der Waals surface area contributed by atoms with E-state index in [-0.39, 0.29) is 0 Å². The van der Waals surface area contributed by atoms with Gasteiger partial charge in [0.05, 0.1) is 6.61 Å². The summed E-state index contributed by atoms with van der Waals surface area (Å²) >= 11 is 0. The zero-order chi connectivity index (χ0) is 13.5. The molecule has 2 rings (SSSR count). The van der Waals surface area contributed by atoms with E-state index in [0.29, 0.717) is 12.6 Å². The van der Waals surface area contributed by atoms with Crippen molar-refractivity contribution in [1.29, 1.82) is 0 Å². The average Bonchev–Trinajstić information content (AvgIpc) is 2.84. The number of rotatable bonds is 4. The van der Waals surface area contributed by atoms with Gasteiger partial charge in [0.25, 0.3) is 0 Å². The summed E-state index contributed by atoms with van der Waals surface area (Å²) in [5.41, 5.74) is 0. The van der Waals surface area contributed by atoms with Gasteiger partial charge >= 0.3 is 0 Å². The predicted molar refractivity (Wildman–Crippen MR) is 81.4 cm³/mol. The van der Waals surface area contributed by atoms with Crippen molar-refractivity contribution in [3.63, 3.8) is 0 Å². The second kappa shape index (κ2) is 8.26. The molecular weight excluding hydrogens is 234 g/mol. The Hall–Kier alpha value is -0.0800. The smallest absolute Gasteiger partial charge is 0.0584 e. The van der Waals surface area contributed by atoms with E-state index in [2.05, 4.69) is 11.8 Å². The average molecular weight is 267 g/mol. The molecule has 1 N–H and O–H groups in total. The van der Waals surface area contributed by atoms with Crippen LogP contribution < -0.4 is 0 Å². The van der Waals surface area contributed by atoms with Gasteiger partial charge in [-0.05, 0) is 32.6 Å². The molecule has 0 aromatic rings. The number of aliphatic hydroxyl groups is 1. The molecule has 0 spiro atoms. The summed E-state index contributed by atoms with van der Waals surface area (Å²) in [6.45, 7) is 2.56. The second-order valence-corrected chi connectivity index (χ2v) is 6.77. The van der Waals surface area contributed by atoms with Gasteiger partial charge in [0.2, 0.25) is 0 Å². The number of nitrogens with zero attached hydrogens (tertiary/aromatic N) is 1. The normalized spacial score (nSPS) is 26.1. The molecule has 2 heteroatoms. The highest BCUT2D eigenvalue weighted by atomic mass is 16.3. The third-order valence-electron chi connectivity index (χ3n) is 5.27. The molecule has 2 saturated carbocycles. The molecule has 0 heterocycles. The zero-order valence-electron chi connectivity index (χ0n) is 12.8. The van der Waals surface area contributed by atoms with Gasteiger partial charge in [-0.1, -0.05) is 51.4 Å². The molecular formula is C17H33NO. The predicted octanol–water partition coefficient (Wildman–Crippen LogP) is 4.11. The molecule has 0 aromatic carbocycles. The Morgan fingerprint density at radius 2 is 1.16 bits per heavy atom. The van der Waals surface area contributed by atoms with Gasteiger partial charge in [0, 0.05) is 18.1 Å². The van der Waals surface area contributed by atoms with Crippen LogP contribution in [0.1, 0.15) is 84.0 Å². The molecule has 2 aliphatic carbocycles. The van der Waals surface area contributed by atoms with Gasteiger partial charge in [-0.3, -0.25) is 4.90 Å². The topological polar surface area (TPSA) is 23.5 Å². The van der Waals surface area contributed by atoms with E-state index in [0.717, 1.165) is 12.1 Å². The van der Waals surface area contributed by atoms with Crippen molar-refractivity contribution in [2.45, 2.75) is 102 Å². The van der Waals surface area contributed by atoms with Crippen molar-refractivity contribution in [2.75, 3.05) is 6.61 Å². The molecule has 0 aromatic heterocycles. The zero-order valence-corrected chi connectivity index (χ0v) is 12.8. The first kappa shape index (κ1) is 15.3. The fraction of sp³-hybridized carbons (Fsp3) is 1.00. The Balaban J connectivity index is 2.04. The van der Waals surface area contributed by atoms with Crippen molar-refractivity contribution in [3.8, 4) is 0 Å². The van der Waals surface area contributed by atoms with E-state index < -0.39 is 0 Å². The second-order valence-electron chi connectivity index (χ2n) is 6.77. The molecule has 2 nitrogen and oxygen atoms in total. The largest absolute Gasteiger partial charge is 0.395 e. The molecule has 0 amide bonds. The van der Waals surface area contributed by atoms with Crippen LogP contribution in [0.25, 0.3) is 0 Å². The molecule has 1 unspecified atom stereocenters. The Bertz CT molecular complexity index is 207. The number of aliphatic hydroxyl groups excluding tert-OH is 1. The van der Waals surface area contributed by atoms with E-state index in [1.54, 1.807) is 0 Å².